The van der Waals surface area contributed by atoms with Gasteiger partial charge in [0.25, 0.3) is 5.91 Å². The molecule has 3 atom stereocenters. The van der Waals surface area contributed by atoms with Crippen LogP contribution in [0.4, 0.5) is 5.82 Å². The second-order valence-electron chi connectivity index (χ2n) is 8.95. The van der Waals surface area contributed by atoms with Crippen LogP contribution < -0.4 is 15.0 Å². The third-order valence-corrected chi connectivity index (χ3v) is 7.73. The van der Waals surface area contributed by atoms with Crippen molar-refractivity contribution in [2.45, 2.75) is 38.2 Å². The standard InChI is InChI=1S/C26H34N4O2S/c1-18-12-16-33-24(18)23(11-13-27-3)32-21-8-6-20(7-9-21)17-30-15-14-29(4)25-22(26(30)31)10-5-19(2)28-25/h5-10,12,16,18,23-24,27H,11,13-15,17H2,1-4H3. The third kappa shape index (κ3) is 5.53. The predicted octanol–water partition coefficient (Wildman–Crippen LogP) is 4.10. The van der Waals surface area contributed by atoms with Gasteiger partial charge in [0.1, 0.15) is 17.7 Å². The van der Waals surface area contributed by atoms with Crippen LogP contribution in [-0.4, -0.2) is 60.9 Å². The van der Waals surface area contributed by atoms with Crippen LogP contribution >= 0.6 is 11.8 Å². The van der Waals surface area contributed by atoms with Crippen LogP contribution in [0.3, 0.4) is 0 Å². The summed E-state index contributed by atoms with van der Waals surface area (Å²) in [5.41, 5.74) is 2.69. The minimum absolute atomic E-state index is 0.0362. The average Bonchev–Trinajstić information content (AvgIpc) is 3.20. The number of nitrogens with one attached hydrogen (secondary N) is 1. The number of fused-ring (bicyclic) bond motifs is 1. The Labute approximate surface area is 201 Å². The molecule has 1 aromatic carbocycles. The Kier molecular flexibility index (Phi) is 7.60. The Hall–Kier alpha value is -2.51. The summed E-state index contributed by atoms with van der Waals surface area (Å²) in [7, 11) is 3.98. The molecule has 1 amide bonds. The smallest absolute Gasteiger partial charge is 0.257 e. The number of aryl methyl sites for hydroxylation is 1. The maximum Gasteiger partial charge on any atom is 0.257 e. The van der Waals surface area contributed by atoms with Crippen LogP contribution in [0.2, 0.25) is 0 Å². The fraction of sp³-hybridized carbons (Fsp3) is 0.462. The fourth-order valence-corrected chi connectivity index (χ4v) is 5.59. The van der Waals surface area contributed by atoms with E-state index in [2.05, 4.69) is 45.7 Å². The number of ether oxygens (including phenoxy) is 1. The number of allylic oxidation sites excluding steroid dienone is 1. The summed E-state index contributed by atoms with van der Waals surface area (Å²) < 4.78 is 6.43. The van der Waals surface area contributed by atoms with Crippen LogP contribution in [0, 0.1) is 12.8 Å². The Balaban J connectivity index is 1.43. The maximum absolute atomic E-state index is 13.2. The second kappa shape index (κ2) is 10.6. The van der Waals surface area contributed by atoms with Gasteiger partial charge in [0.2, 0.25) is 0 Å². The lowest BCUT2D eigenvalue weighted by molar-refractivity contribution is 0.0754. The lowest BCUT2D eigenvalue weighted by atomic mass is 10.0. The van der Waals surface area contributed by atoms with Crippen molar-refractivity contribution in [1.82, 2.24) is 15.2 Å². The highest BCUT2D eigenvalue weighted by molar-refractivity contribution is 8.03. The van der Waals surface area contributed by atoms with E-state index >= 15 is 0 Å². The molecule has 0 fully saturated rings. The Bertz CT molecular complexity index is 994. The molecule has 2 aliphatic heterocycles. The van der Waals surface area contributed by atoms with Gasteiger partial charge in [-0.3, -0.25) is 4.79 Å². The SMILES string of the molecule is CNCCC(Oc1ccc(CN2CCN(C)c3nc(C)ccc3C2=O)cc1)C1SC=CC1C. The summed E-state index contributed by atoms with van der Waals surface area (Å²) in [5, 5.41) is 5.87. The molecule has 4 rings (SSSR count). The number of nitrogens with zero attached hydrogens (tertiary/aromatic N) is 3. The number of benzene rings is 1. The Morgan fingerprint density at radius 1 is 1.21 bits per heavy atom. The first kappa shape index (κ1) is 23.6. The van der Waals surface area contributed by atoms with Crippen LogP contribution in [0.5, 0.6) is 5.75 Å². The van der Waals surface area contributed by atoms with Gasteiger partial charge < -0.3 is 19.9 Å². The highest BCUT2D eigenvalue weighted by Crippen LogP contribution is 2.35. The lowest BCUT2D eigenvalue weighted by Gasteiger charge is -2.27. The van der Waals surface area contributed by atoms with E-state index in [1.165, 1.54) is 0 Å². The highest BCUT2D eigenvalue weighted by atomic mass is 32.2. The van der Waals surface area contributed by atoms with E-state index in [4.69, 9.17) is 4.74 Å². The highest BCUT2D eigenvalue weighted by Gasteiger charge is 2.30. The molecule has 176 valence electrons. The van der Waals surface area contributed by atoms with E-state index < -0.39 is 0 Å². The maximum atomic E-state index is 13.2. The molecule has 1 aromatic heterocycles. The number of carbonyl (C=O) groups excluding carboxylic acids is 1. The molecule has 0 aliphatic carbocycles. The number of hydrogen-bond acceptors (Lipinski definition) is 6. The number of anilines is 1. The average molecular weight is 467 g/mol. The molecular weight excluding hydrogens is 432 g/mol. The summed E-state index contributed by atoms with van der Waals surface area (Å²) in [6.07, 6.45) is 3.37. The lowest BCUT2D eigenvalue weighted by Crippen LogP contribution is -2.34. The number of pyridine rings is 1. The molecule has 0 radical (unpaired) electrons. The van der Waals surface area contributed by atoms with Crippen LogP contribution in [0.25, 0.3) is 0 Å². The molecule has 0 saturated carbocycles. The summed E-state index contributed by atoms with van der Waals surface area (Å²) >= 11 is 1.87. The number of likely N-dealkylation sites (N-methyl/N-ethyl adjacent to an activating group) is 1. The molecule has 2 aliphatic rings. The first-order valence-electron chi connectivity index (χ1n) is 11.7. The number of thioether (sulfide) groups is 1. The number of carbonyl (C=O) groups is 1. The number of aromatic nitrogens is 1. The second-order valence-corrected chi connectivity index (χ2v) is 10.0. The molecule has 0 spiro atoms. The van der Waals surface area contributed by atoms with E-state index in [-0.39, 0.29) is 12.0 Å². The zero-order chi connectivity index (χ0) is 23.4. The fourth-order valence-electron chi connectivity index (χ4n) is 4.37. The molecule has 33 heavy (non-hydrogen) atoms. The molecule has 3 unspecified atom stereocenters. The minimum atomic E-state index is 0.0362. The summed E-state index contributed by atoms with van der Waals surface area (Å²) in [4.78, 5) is 21.8. The van der Waals surface area contributed by atoms with E-state index in [0.717, 1.165) is 42.3 Å². The molecule has 0 bridgehead atoms. The molecule has 0 saturated heterocycles. The zero-order valence-electron chi connectivity index (χ0n) is 20.0. The van der Waals surface area contributed by atoms with Crippen molar-refractivity contribution in [3.05, 3.63) is 64.7 Å². The van der Waals surface area contributed by atoms with Crippen molar-refractivity contribution < 1.29 is 9.53 Å². The largest absolute Gasteiger partial charge is 0.489 e. The Morgan fingerprint density at radius 3 is 2.70 bits per heavy atom. The van der Waals surface area contributed by atoms with Crippen molar-refractivity contribution in [1.29, 1.82) is 0 Å². The van der Waals surface area contributed by atoms with Gasteiger partial charge in [0, 0.05) is 32.4 Å². The zero-order valence-corrected chi connectivity index (χ0v) is 20.8. The molecule has 2 aromatic rings. The molecular formula is C26H34N4O2S. The van der Waals surface area contributed by atoms with E-state index in [1.807, 2.05) is 61.9 Å². The predicted molar refractivity (Wildman–Crippen MR) is 136 cm³/mol. The van der Waals surface area contributed by atoms with Gasteiger partial charge in [0.05, 0.1) is 10.8 Å². The van der Waals surface area contributed by atoms with Crippen molar-refractivity contribution in [3.8, 4) is 5.75 Å². The van der Waals surface area contributed by atoms with Gasteiger partial charge >= 0.3 is 0 Å². The van der Waals surface area contributed by atoms with E-state index in [0.29, 0.717) is 29.8 Å². The van der Waals surface area contributed by atoms with E-state index in [1.54, 1.807) is 0 Å². The third-order valence-electron chi connectivity index (χ3n) is 6.36. The monoisotopic (exact) mass is 466 g/mol. The van der Waals surface area contributed by atoms with Gasteiger partial charge in [-0.25, -0.2) is 4.98 Å². The number of amides is 1. The molecule has 1 N–H and O–H groups in total. The molecule has 3 heterocycles. The summed E-state index contributed by atoms with van der Waals surface area (Å²) in [6.45, 7) is 7.13. The van der Waals surface area contributed by atoms with Gasteiger partial charge in [-0.2, -0.15) is 0 Å². The van der Waals surface area contributed by atoms with Gasteiger partial charge in [0.15, 0.2) is 0 Å². The van der Waals surface area contributed by atoms with Gasteiger partial charge in [-0.05, 0) is 68.1 Å². The minimum Gasteiger partial charge on any atom is -0.489 e. The van der Waals surface area contributed by atoms with Crippen LogP contribution in [0.1, 0.15) is 35.0 Å². The first-order valence-corrected chi connectivity index (χ1v) is 12.6. The normalized spacial score (nSPS) is 21.2. The summed E-state index contributed by atoms with van der Waals surface area (Å²) in [6, 6.07) is 12.0. The van der Waals surface area contributed by atoms with Crippen molar-refractivity contribution in [2.75, 3.05) is 38.6 Å². The van der Waals surface area contributed by atoms with Crippen LogP contribution in [0.15, 0.2) is 47.9 Å². The van der Waals surface area contributed by atoms with Crippen LogP contribution in [-0.2, 0) is 6.54 Å². The van der Waals surface area contributed by atoms with Crippen molar-refractivity contribution >= 4 is 23.5 Å². The molecule has 7 heteroatoms. The summed E-state index contributed by atoms with van der Waals surface area (Å²) in [5.74, 6) is 2.19. The Morgan fingerprint density at radius 2 is 2.00 bits per heavy atom. The van der Waals surface area contributed by atoms with Crippen molar-refractivity contribution in [2.24, 2.45) is 5.92 Å². The molecule has 6 nitrogen and oxygen atoms in total. The van der Waals surface area contributed by atoms with E-state index in [9.17, 15) is 4.79 Å². The number of rotatable bonds is 8. The van der Waals surface area contributed by atoms with Gasteiger partial charge in [-0.1, -0.05) is 25.1 Å². The first-order chi connectivity index (χ1) is 16.0. The quantitative estimate of drug-likeness (QED) is 0.632. The van der Waals surface area contributed by atoms with Gasteiger partial charge in [-0.15, -0.1) is 11.8 Å². The number of hydrogen-bond donors (Lipinski definition) is 1. The topological polar surface area (TPSA) is 57.7 Å². The van der Waals surface area contributed by atoms with Crippen molar-refractivity contribution in [3.63, 3.8) is 0 Å².